The fourth-order valence-electron chi connectivity index (χ4n) is 2.04. The van der Waals surface area contributed by atoms with Crippen LogP contribution in [0.5, 0.6) is 0 Å². The quantitative estimate of drug-likeness (QED) is 0.867. The van der Waals surface area contributed by atoms with Crippen molar-refractivity contribution in [3.8, 4) is 0 Å². The fourth-order valence-corrected chi connectivity index (χ4v) is 2.04. The van der Waals surface area contributed by atoms with Gasteiger partial charge in [-0.25, -0.2) is 4.39 Å². The van der Waals surface area contributed by atoms with Crippen molar-refractivity contribution in [3.05, 3.63) is 35.6 Å². The second-order valence-electron chi connectivity index (χ2n) is 5.11. The molecule has 1 amide bonds. The molecule has 98 valence electrons. The van der Waals surface area contributed by atoms with Crippen LogP contribution in [0.1, 0.15) is 24.8 Å². The van der Waals surface area contributed by atoms with Crippen molar-refractivity contribution in [2.45, 2.75) is 31.8 Å². The minimum Gasteiger partial charge on any atom is -0.340 e. The van der Waals surface area contributed by atoms with Crippen LogP contribution in [0.3, 0.4) is 0 Å². The molecule has 4 heteroatoms. The molecule has 0 aromatic heterocycles. The molecule has 0 bridgehead atoms. The molecule has 0 spiro atoms. The molecule has 0 aliphatic heterocycles. The van der Waals surface area contributed by atoms with Gasteiger partial charge in [0.1, 0.15) is 5.82 Å². The predicted molar refractivity (Wildman–Crippen MR) is 68.2 cm³/mol. The molecule has 0 saturated heterocycles. The summed E-state index contributed by atoms with van der Waals surface area (Å²) in [5, 5.41) is 0. The number of benzene rings is 1. The molecule has 2 N–H and O–H groups in total. The Labute approximate surface area is 107 Å². The van der Waals surface area contributed by atoms with Crippen molar-refractivity contribution < 1.29 is 9.18 Å². The molecule has 1 saturated carbocycles. The minimum atomic E-state index is -0.400. The highest BCUT2D eigenvalue weighted by Crippen LogP contribution is 2.33. The average molecular weight is 250 g/mol. The van der Waals surface area contributed by atoms with E-state index in [9.17, 15) is 9.18 Å². The van der Waals surface area contributed by atoms with Gasteiger partial charge in [-0.2, -0.15) is 0 Å². The molecule has 1 aliphatic carbocycles. The molecular weight excluding hydrogens is 231 g/mol. The van der Waals surface area contributed by atoms with Gasteiger partial charge in [0.25, 0.3) is 0 Å². The number of carbonyl (C=O) groups excluding carboxylic acids is 1. The molecule has 3 nitrogen and oxygen atoms in total. The van der Waals surface area contributed by atoms with E-state index in [2.05, 4.69) is 0 Å². The van der Waals surface area contributed by atoms with Gasteiger partial charge in [0.05, 0.1) is 6.04 Å². The van der Waals surface area contributed by atoms with Crippen molar-refractivity contribution in [1.82, 2.24) is 4.90 Å². The van der Waals surface area contributed by atoms with Gasteiger partial charge in [-0.3, -0.25) is 4.79 Å². The lowest BCUT2D eigenvalue weighted by molar-refractivity contribution is -0.132. The Kier molecular flexibility index (Phi) is 3.97. The van der Waals surface area contributed by atoms with Gasteiger partial charge in [-0.1, -0.05) is 25.0 Å². The monoisotopic (exact) mass is 250 g/mol. The summed E-state index contributed by atoms with van der Waals surface area (Å²) in [5.41, 5.74) is 6.79. The lowest BCUT2D eigenvalue weighted by Gasteiger charge is -2.21. The number of hydrogen-bond acceptors (Lipinski definition) is 2. The molecule has 1 aliphatic rings. The van der Waals surface area contributed by atoms with Crippen LogP contribution in [0.15, 0.2) is 24.3 Å². The molecule has 1 aromatic carbocycles. The van der Waals surface area contributed by atoms with Crippen LogP contribution in [-0.4, -0.2) is 23.9 Å². The highest BCUT2D eigenvalue weighted by Gasteiger charge is 2.28. The summed E-state index contributed by atoms with van der Waals surface area (Å²) in [6, 6.07) is 5.77. The number of carbonyl (C=O) groups is 1. The van der Waals surface area contributed by atoms with E-state index in [4.69, 9.17) is 5.73 Å². The first-order chi connectivity index (χ1) is 8.56. The van der Waals surface area contributed by atoms with E-state index < -0.39 is 6.04 Å². The van der Waals surface area contributed by atoms with Crippen molar-refractivity contribution in [3.63, 3.8) is 0 Å². The van der Waals surface area contributed by atoms with Gasteiger partial charge >= 0.3 is 0 Å². The number of nitrogens with two attached hydrogens (primary N) is 1. The number of amides is 1. The van der Waals surface area contributed by atoms with Crippen LogP contribution in [0, 0.1) is 11.7 Å². The number of nitrogens with zero attached hydrogens (tertiary/aromatic N) is 1. The van der Waals surface area contributed by atoms with Gasteiger partial charge < -0.3 is 10.6 Å². The molecule has 1 atom stereocenters. The summed E-state index contributed by atoms with van der Waals surface area (Å²) >= 11 is 0. The Hall–Kier alpha value is -1.42. The van der Waals surface area contributed by atoms with E-state index in [0.717, 1.165) is 12.0 Å². The van der Waals surface area contributed by atoms with Gasteiger partial charge in [0, 0.05) is 13.6 Å². The molecule has 2 rings (SSSR count). The lowest BCUT2D eigenvalue weighted by atomic mass is 10.1. The zero-order valence-electron chi connectivity index (χ0n) is 10.6. The van der Waals surface area contributed by atoms with Crippen LogP contribution >= 0.6 is 0 Å². The summed E-state index contributed by atoms with van der Waals surface area (Å²) in [4.78, 5) is 13.6. The van der Waals surface area contributed by atoms with Gasteiger partial charge in [0.2, 0.25) is 5.91 Å². The zero-order valence-corrected chi connectivity index (χ0v) is 10.6. The van der Waals surface area contributed by atoms with Gasteiger partial charge in [-0.15, -0.1) is 0 Å². The summed E-state index contributed by atoms with van der Waals surface area (Å²) in [6.45, 7) is 0.470. The Bertz CT molecular complexity index is 414. The average Bonchev–Trinajstić information content (AvgIpc) is 3.15. The van der Waals surface area contributed by atoms with E-state index in [-0.39, 0.29) is 11.7 Å². The van der Waals surface area contributed by atoms with Crippen LogP contribution in [0.4, 0.5) is 4.39 Å². The normalized spacial score (nSPS) is 16.4. The third-order valence-electron chi connectivity index (χ3n) is 3.31. The first-order valence-electron chi connectivity index (χ1n) is 6.31. The van der Waals surface area contributed by atoms with E-state index in [0.29, 0.717) is 12.5 Å². The molecule has 0 radical (unpaired) electrons. The van der Waals surface area contributed by atoms with E-state index >= 15 is 0 Å². The molecular formula is C14H19FN2O. The van der Waals surface area contributed by atoms with Crippen molar-refractivity contribution in [2.24, 2.45) is 11.7 Å². The van der Waals surface area contributed by atoms with Crippen LogP contribution in [0.2, 0.25) is 0 Å². The SMILES string of the molecule is CN(Cc1ccc(F)cc1)C(=O)C(N)CC1CC1. The zero-order chi connectivity index (χ0) is 13.1. The van der Waals surface area contributed by atoms with Crippen LogP contribution < -0.4 is 5.73 Å². The smallest absolute Gasteiger partial charge is 0.239 e. The molecule has 0 heterocycles. The Morgan fingerprint density at radius 1 is 1.44 bits per heavy atom. The maximum atomic E-state index is 12.8. The summed E-state index contributed by atoms with van der Waals surface area (Å²) < 4.78 is 12.8. The maximum absolute atomic E-state index is 12.8. The lowest BCUT2D eigenvalue weighted by Crippen LogP contribution is -2.41. The second-order valence-corrected chi connectivity index (χ2v) is 5.11. The highest BCUT2D eigenvalue weighted by molar-refractivity contribution is 5.81. The van der Waals surface area contributed by atoms with Gasteiger partial charge in [-0.05, 0) is 30.0 Å². The third-order valence-corrected chi connectivity index (χ3v) is 3.31. The number of halogens is 1. The minimum absolute atomic E-state index is 0.0359. The second kappa shape index (κ2) is 5.48. The van der Waals surface area contributed by atoms with E-state index in [1.54, 1.807) is 24.1 Å². The Morgan fingerprint density at radius 3 is 2.61 bits per heavy atom. The van der Waals surface area contributed by atoms with Crippen molar-refractivity contribution in [1.29, 1.82) is 0 Å². The fraction of sp³-hybridized carbons (Fsp3) is 0.500. The highest BCUT2D eigenvalue weighted by atomic mass is 19.1. The summed E-state index contributed by atoms with van der Waals surface area (Å²) in [7, 11) is 1.73. The third kappa shape index (κ3) is 3.53. The summed E-state index contributed by atoms with van der Waals surface area (Å²) in [6.07, 6.45) is 3.18. The topological polar surface area (TPSA) is 46.3 Å². The molecule has 1 fully saturated rings. The van der Waals surface area contributed by atoms with Gasteiger partial charge in [0.15, 0.2) is 0 Å². The standard InChI is InChI=1S/C14H19FN2O/c1-17(9-11-4-6-12(15)7-5-11)14(18)13(16)8-10-2-3-10/h4-7,10,13H,2-3,8-9,16H2,1H3. The maximum Gasteiger partial charge on any atom is 0.239 e. The van der Waals surface area contributed by atoms with Crippen molar-refractivity contribution in [2.75, 3.05) is 7.05 Å². The van der Waals surface area contributed by atoms with E-state index in [1.165, 1.54) is 25.0 Å². The predicted octanol–water partition coefficient (Wildman–Crippen LogP) is 1.91. The number of hydrogen-bond donors (Lipinski definition) is 1. The Balaban J connectivity index is 1.87. The largest absolute Gasteiger partial charge is 0.340 e. The summed E-state index contributed by atoms with van der Waals surface area (Å²) in [5.74, 6) is 0.340. The van der Waals surface area contributed by atoms with Crippen LogP contribution in [0.25, 0.3) is 0 Å². The van der Waals surface area contributed by atoms with Crippen LogP contribution in [-0.2, 0) is 11.3 Å². The number of likely N-dealkylation sites (N-methyl/N-ethyl adjacent to an activating group) is 1. The molecule has 18 heavy (non-hydrogen) atoms. The molecule has 1 aromatic rings. The molecule has 1 unspecified atom stereocenters. The van der Waals surface area contributed by atoms with E-state index in [1.807, 2.05) is 0 Å². The first kappa shape index (κ1) is 13.0. The Morgan fingerprint density at radius 2 is 2.06 bits per heavy atom. The first-order valence-corrected chi connectivity index (χ1v) is 6.31. The van der Waals surface area contributed by atoms with Crippen molar-refractivity contribution >= 4 is 5.91 Å². The number of rotatable bonds is 5.